The number of carboxylic acid groups (broad SMARTS) is 1. The number of carboxylic acids is 1. The Labute approximate surface area is 116 Å². The molecule has 0 saturated carbocycles. The Morgan fingerprint density at radius 3 is 2.75 bits per heavy atom. The number of aromatic carboxylic acids is 1. The number of benzene rings is 2. The molecule has 0 heterocycles. The highest BCUT2D eigenvalue weighted by atomic mass is 16.5. The van der Waals surface area contributed by atoms with Gasteiger partial charge in [-0.1, -0.05) is 12.1 Å². The van der Waals surface area contributed by atoms with Gasteiger partial charge in [0.25, 0.3) is 0 Å². The summed E-state index contributed by atoms with van der Waals surface area (Å²) in [5.41, 5.74) is 6.94. The van der Waals surface area contributed by atoms with Crippen LogP contribution in [-0.4, -0.2) is 18.2 Å². The summed E-state index contributed by atoms with van der Waals surface area (Å²) < 4.78 is 10.7. The zero-order valence-electron chi connectivity index (χ0n) is 11.0. The maximum atomic E-state index is 11.2. The highest BCUT2D eigenvalue weighted by Gasteiger charge is 2.12. The van der Waals surface area contributed by atoms with E-state index in [0.717, 1.165) is 5.56 Å². The molecule has 0 aliphatic heterocycles. The highest BCUT2D eigenvalue weighted by Crippen LogP contribution is 2.27. The highest BCUT2D eigenvalue weighted by molar-refractivity contribution is 5.92. The van der Waals surface area contributed by atoms with Crippen LogP contribution < -0.4 is 10.5 Å². The fourth-order valence-electron chi connectivity index (χ4n) is 1.80. The summed E-state index contributed by atoms with van der Waals surface area (Å²) in [6, 6.07) is 11.8. The smallest absolute Gasteiger partial charge is 0.339 e. The van der Waals surface area contributed by atoms with Gasteiger partial charge < -0.3 is 20.3 Å². The molecule has 0 amide bonds. The van der Waals surface area contributed by atoms with E-state index in [2.05, 4.69) is 0 Å². The quantitative estimate of drug-likeness (QED) is 0.818. The van der Waals surface area contributed by atoms with Gasteiger partial charge in [-0.05, 0) is 35.9 Å². The van der Waals surface area contributed by atoms with Gasteiger partial charge in [0.05, 0.1) is 6.61 Å². The van der Waals surface area contributed by atoms with E-state index in [4.69, 9.17) is 20.3 Å². The number of rotatable bonds is 5. The Morgan fingerprint density at radius 2 is 2.05 bits per heavy atom. The number of nitrogens with two attached hydrogens (primary N) is 1. The second kappa shape index (κ2) is 6.08. The SMILES string of the molecule is COCc1cccc(Oc2ccc(N)cc2C(=O)O)c1. The molecule has 20 heavy (non-hydrogen) atoms. The van der Waals surface area contributed by atoms with Crippen molar-refractivity contribution in [2.24, 2.45) is 0 Å². The molecule has 5 heteroatoms. The van der Waals surface area contributed by atoms with Crippen molar-refractivity contribution in [3.05, 3.63) is 53.6 Å². The first kappa shape index (κ1) is 13.9. The van der Waals surface area contributed by atoms with Crippen molar-refractivity contribution in [3.63, 3.8) is 0 Å². The van der Waals surface area contributed by atoms with Gasteiger partial charge in [0.2, 0.25) is 0 Å². The van der Waals surface area contributed by atoms with Crippen LogP contribution in [0.1, 0.15) is 15.9 Å². The Hall–Kier alpha value is -2.53. The molecule has 0 aliphatic carbocycles. The minimum Gasteiger partial charge on any atom is -0.478 e. The lowest BCUT2D eigenvalue weighted by Crippen LogP contribution is -2.01. The lowest BCUT2D eigenvalue weighted by Gasteiger charge is -2.10. The van der Waals surface area contributed by atoms with Gasteiger partial charge in [-0.2, -0.15) is 0 Å². The third-order valence-corrected chi connectivity index (χ3v) is 2.67. The van der Waals surface area contributed by atoms with Crippen LogP contribution in [0.25, 0.3) is 0 Å². The molecule has 2 aromatic carbocycles. The Balaban J connectivity index is 2.30. The van der Waals surface area contributed by atoms with Crippen LogP contribution in [0.4, 0.5) is 5.69 Å². The zero-order chi connectivity index (χ0) is 14.5. The summed E-state index contributed by atoms with van der Waals surface area (Å²) in [5.74, 6) is -0.284. The molecule has 2 rings (SSSR count). The van der Waals surface area contributed by atoms with E-state index >= 15 is 0 Å². The van der Waals surface area contributed by atoms with Crippen molar-refractivity contribution in [2.45, 2.75) is 6.61 Å². The molecular weight excluding hydrogens is 258 g/mol. The average Bonchev–Trinajstić information content (AvgIpc) is 2.41. The third kappa shape index (κ3) is 3.27. The summed E-state index contributed by atoms with van der Waals surface area (Å²) in [6.07, 6.45) is 0. The molecule has 0 atom stereocenters. The molecule has 3 N–H and O–H groups in total. The lowest BCUT2D eigenvalue weighted by molar-refractivity contribution is 0.0694. The maximum absolute atomic E-state index is 11.2. The Morgan fingerprint density at radius 1 is 1.25 bits per heavy atom. The predicted molar refractivity (Wildman–Crippen MR) is 75.0 cm³/mol. The summed E-state index contributed by atoms with van der Waals surface area (Å²) >= 11 is 0. The summed E-state index contributed by atoms with van der Waals surface area (Å²) in [6.45, 7) is 0.463. The van der Waals surface area contributed by atoms with Crippen molar-refractivity contribution < 1.29 is 19.4 Å². The van der Waals surface area contributed by atoms with Gasteiger partial charge in [-0.3, -0.25) is 0 Å². The van der Waals surface area contributed by atoms with Gasteiger partial charge in [-0.15, -0.1) is 0 Å². The van der Waals surface area contributed by atoms with E-state index in [-0.39, 0.29) is 11.3 Å². The zero-order valence-corrected chi connectivity index (χ0v) is 11.0. The standard InChI is InChI=1S/C15H15NO4/c1-19-9-10-3-2-4-12(7-10)20-14-6-5-11(16)8-13(14)15(17)18/h2-8H,9,16H2,1H3,(H,17,18). The minimum atomic E-state index is -1.08. The van der Waals surface area contributed by atoms with E-state index < -0.39 is 5.97 Å². The molecule has 0 aromatic heterocycles. The number of methoxy groups -OCH3 is 1. The Bertz CT molecular complexity index is 625. The monoisotopic (exact) mass is 273 g/mol. The van der Waals surface area contributed by atoms with E-state index in [1.54, 1.807) is 31.4 Å². The van der Waals surface area contributed by atoms with Gasteiger partial charge in [0, 0.05) is 12.8 Å². The van der Waals surface area contributed by atoms with Crippen molar-refractivity contribution in [2.75, 3.05) is 12.8 Å². The maximum Gasteiger partial charge on any atom is 0.339 e. The molecule has 0 bridgehead atoms. The van der Waals surface area contributed by atoms with Crippen LogP contribution >= 0.6 is 0 Å². The van der Waals surface area contributed by atoms with Crippen LogP contribution in [0, 0.1) is 0 Å². The summed E-state index contributed by atoms with van der Waals surface area (Å²) in [7, 11) is 1.61. The number of hydrogen-bond acceptors (Lipinski definition) is 4. The van der Waals surface area contributed by atoms with Gasteiger partial charge >= 0.3 is 5.97 Å². The largest absolute Gasteiger partial charge is 0.478 e. The predicted octanol–water partition coefficient (Wildman–Crippen LogP) is 2.91. The van der Waals surface area contributed by atoms with Gasteiger partial charge in [-0.25, -0.2) is 4.79 Å². The molecule has 0 aliphatic rings. The first-order chi connectivity index (χ1) is 9.60. The number of hydrogen-bond donors (Lipinski definition) is 2. The van der Waals surface area contributed by atoms with Crippen LogP contribution in [0.15, 0.2) is 42.5 Å². The first-order valence-corrected chi connectivity index (χ1v) is 5.98. The van der Waals surface area contributed by atoms with Crippen LogP contribution in [0.5, 0.6) is 11.5 Å². The average molecular weight is 273 g/mol. The van der Waals surface area contributed by atoms with E-state index in [1.165, 1.54) is 6.07 Å². The van der Waals surface area contributed by atoms with E-state index in [0.29, 0.717) is 18.0 Å². The number of nitrogen functional groups attached to an aromatic ring is 1. The Kier molecular flexibility index (Phi) is 4.22. The van der Waals surface area contributed by atoms with Crippen molar-refractivity contribution in [1.29, 1.82) is 0 Å². The number of ether oxygens (including phenoxy) is 2. The third-order valence-electron chi connectivity index (χ3n) is 2.67. The number of anilines is 1. The van der Waals surface area contributed by atoms with Crippen LogP contribution in [0.3, 0.4) is 0 Å². The van der Waals surface area contributed by atoms with Crippen molar-refractivity contribution in [3.8, 4) is 11.5 Å². The van der Waals surface area contributed by atoms with Crippen molar-refractivity contribution >= 4 is 11.7 Å². The van der Waals surface area contributed by atoms with Gasteiger partial charge in [0.1, 0.15) is 17.1 Å². The van der Waals surface area contributed by atoms with Crippen molar-refractivity contribution in [1.82, 2.24) is 0 Å². The number of carbonyl (C=O) groups is 1. The van der Waals surface area contributed by atoms with Crippen LogP contribution in [0.2, 0.25) is 0 Å². The van der Waals surface area contributed by atoms with Gasteiger partial charge in [0.15, 0.2) is 0 Å². The van der Waals surface area contributed by atoms with E-state index in [1.807, 2.05) is 12.1 Å². The minimum absolute atomic E-state index is 0.0298. The summed E-state index contributed by atoms with van der Waals surface area (Å²) in [4.78, 5) is 11.2. The first-order valence-electron chi connectivity index (χ1n) is 5.98. The molecule has 0 unspecified atom stereocenters. The molecule has 104 valence electrons. The topological polar surface area (TPSA) is 81.8 Å². The van der Waals surface area contributed by atoms with Crippen LogP contribution in [-0.2, 0) is 11.3 Å². The van der Waals surface area contributed by atoms with E-state index in [9.17, 15) is 4.79 Å². The second-order valence-electron chi connectivity index (χ2n) is 4.24. The summed E-state index contributed by atoms with van der Waals surface area (Å²) in [5, 5.41) is 9.15. The molecular formula is C15H15NO4. The second-order valence-corrected chi connectivity index (χ2v) is 4.24. The molecule has 0 spiro atoms. The molecule has 0 saturated heterocycles. The lowest BCUT2D eigenvalue weighted by atomic mass is 10.1. The fourth-order valence-corrected chi connectivity index (χ4v) is 1.80. The molecule has 0 fully saturated rings. The fraction of sp³-hybridized carbons (Fsp3) is 0.133. The normalized spacial score (nSPS) is 10.2. The molecule has 0 radical (unpaired) electrons. The molecule has 5 nitrogen and oxygen atoms in total. The molecule has 2 aromatic rings.